The van der Waals surface area contributed by atoms with Crippen molar-refractivity contribution in [3.63, 3.8) is 0 Å². The molecule has 0 fully saturated rings. The van der Waals surface area contributed by atoms with Crippen LogP contribution < -0.4 is 33.2 Å². The molecule has 4 aromatic carbocycles. The average Bonchev–Trinajstić information content (AvgIpc) is 3.24. The van der Waals surface area contributed by atoms with E-state index < -0.39 is 35.6 Å². The van der Waals surface area contributed by atoms with Crippen LogP contribution in [0.15, 0.2) is 84.9 Å². The molecule has 4 rings (SSSR count). The third-order valence-corrected chi connectivity index (χ3v) is 11.4. The van der Waals surface area contributed by atoms with Crippen molar-refractivity contribution in [1.29, 1.82) is 0 Å². The van der Waals surface area contributed by atoms with Crippen LogP contribution in [0.5, 0.6) is 11.5 Å². The second kappa shape index (κ2) is 26.3. The van der Waals surface area contributed by atoms with E-state index in [1.165, 1.54) is 0 Å². The van der Waals surface area contributed by atoms with Crippen LogP contribution in [0.1, 0.15) is 92.0 Å². The maximum atomic E-state index is 13.3. The summed E-state index contributed by atoms with van der Waals surface area (Å²) < 4.78 is 5.37. The van der Waals surface area contributed by atoms with E-state index in [4.69, 9.17) is 21.9 Å². The number of ketones is 2. The average molecular weight is 923 g/mol. The Hall–Kier alpha value is -6.09. The van der Waals surface area contributed by atoms with Crippen molar-refractivity contribution in [2.75, 3.05) is 13.1 Å². The van der Waals surface area contributed by atoms with Gasteiger partial charge in [-0.15, -0.1) is 0 Å². The fourth-order valence-electron chi connectivity index (χ4n) is 7.69. The van der Waals surface area contributed by atoms with E-state index in [1.807, 2.05) is 88.4 Å². The van der Waals surface area contributed by atoms with Gasteiger partial charge in [0.1, 0.15) is 17.1 Å². The zero-order chi connectivity index (χ0) is 50.0. The number of carbonyl (C=O) groups excluding carboxylic acids is 5. The highest BCUT2D eigenvalue weighted by Crippen LogP contribution is 2.24. The standard InChI is InChI=1S/C29H41N3O5.C24H33N3O3/c1-18-12-23(33)13-19(2)24(18)16-25(32-28(36)37-29(4,5)6)26(34)14-20(3)27(35)31-17-22(30)15-21-10-8-7-9-11-21;1-15-9-20(28)10-16(2)21(15)13-22(26)23(29)11-17(3)24(30)27-14-19(25)12-18-7-5-4-6-8-18/h7-13,20,22,25,33H,14-17,30H2,1-6H3,(H,31,35)(H,32,36);4-10,17,19,22,28H,11-14,25-26H2,1-3H3,(H,27,30)/t20-,22+,25-;17-,19+,22-/m00/s1. The van der Waals surface area contributed by atoms with Gasteiger partial charge in [-0.1, -0.05) is 74.5 Å². The van der Waals surface area contributed by atoms with Gasteiger partial charge in [-0.2, -0.15) is 0 Å². The third-order valence-electron chi connectivity index (χ3n) is 11.4. The number of alkyl carbamates (subject to hydrolysis) is 1. The number of nitrogens with two attached hydrogens (primary N) is 3. The van der Waals surface area contributed by atoms with Gasteiger partial charge in [0, 0.05) is 56.3 Å². The Labute approximate surface area is 396 Å². The number of phenolic OH excluding ortho intramolecular Hbond substituents is 2. The Morgan fingerprint density at radius 1 is 0.582 bits per heavy atom. The van der Waals surface area contributed by atoms with E-state index in [9.17, 15) is 34.2 Å². The number of phenols is 2. The number of ether oxygens (including phenoxy) is 1. The fraction of sp³-hybridized carbons (Fsp3) is 0.453. The lowest BCUT2D eigenvalue weighted by atomic mass is 9.91. The number of aromatic hydroxyl groups is 2. The van der Waals surface area contributed by atoms with Crippen molar-refractivity contribution in [3.05, 3.63) is 129 Å². The van der Waals surface area contributed by atoms with Crippen LogP contribution in [0.2, 0.25) is 0 Å². The SMILES string of the molecule is Cc1cc(O)cc(C)c1C[C@H](N)C(=O)C[C@H](C)C(=O)NC[C@H](N)Cc1ccccc1.Cc1cc(O)cc(C)c1C[C@H](NC(=O)OC(C)(C)C)C(=O)C[C@H](C)C(=O)NC[C@H](N)Cc1ccccc1. The van der Waals surface area contributed by atoms with E-state index >= 15 is 0 Å². The molecular weight excluding hydrogens is 849 g/mol. The number of amides is 3. The molecule has 6 atom stereocenters. The molecule has 0 aliphatic heterocycles. The van der Waals surface area contributed by atoms with E-state index in [2.05, 4.69) is 16.0 Å². The first-order valence-corrected chi connectivity index (χ1v) is 22.9. The summed E-state index contributed by atoms with van der Waals surface area (Å²) >= 11 is 0. The van der Waals surface area contributed by atoms with E-state index in [0.717, 1.165) is 44.5 Å². The molecule has 0 bridgehead atoms. The smallest absolute Gasteiger partial charge is 0.408 e. The Morgan fingerprint density at radius 3 is 1.34 bits per heavy atom. The minimum atomic E-state index is -0.896. The predicted molar refractivity (Wildman–Crippen MR) is 264 cm³/mol. The summed E-state index contributed by atoms with van der Waals surface area (Å²) in [5, 5.41) is 27.9. The first-order chi connectivity index (χ1) is 31.4. The van der Waals surface area contributed by atoms with Crippen LogP contribution in [0.4, 0.5) is 4.79 Å². The molecule has 14 nitrogen and oxygen atoms in total. The topological polar surface area (TPSA) is 249 Å². The number of carbonyl (C=O) groups is 5. The Morgan fingerprint density at radius 2 is 0.955 bits per heavy atom. The second-order valence-electron chi connectivity index (χ2n) is 18.9. The van der Waals surface area contributed by atoms with Crippen molar-refractivity contribution in [3.8, 4) is 11.5 Å². The molecule has 67 heavy (non-hydrogen) atoms. The van der Waals surface area contributed by atoms with Crippen LogP contribution in [0, 0.1) is 39.5 Å². The van der Waals surface area contributed by atoms with Crippen LogP contribution in [0.3, 0.4) is 0 Å². The quantitative estimate of drug-likeness (QED) is 0.0490. The van der Waals surface area contributed by atoms with Gasteiger partial charge in [-0.05, 0) is 137 Å². The predicted octanol–water partition coefficient (Wildman–Crippen LogP) is 5.89. The molecule has 0 aliphatic carbocycles. The number of aryl methyl sites for hydroxylation is 4. The highest BCUT2D eigenvalue weighted by Gasteiger charge is 2.29. The van der Waals surface area contributed by atoms with Gasteiger partial charge < -0.3 is 48.1 Å². The van der Waals surface area contributed by atoms with E-state index in [1.54, 1.807) is 58.9 Å². The van der Waals surface area contributed by atoms with Gasteiger partial charge in [0.2, 0.25) is 11.8 Å². The minimum Gasteiger partial charge on any atom is -0.508 e. The molecule has 0 spiro atoms. The molecule has 4 aromatic rings. The van der Waals surface area contributed by atoms with Crippen LogP contribution in [-0.2, 0) is 49.6 Å². The lowest BCUT2D eigenvalue weighted by Crippen LogP contribution is -2.46. The molecule has 11 N–H and O–H groups in total. The third kappa shape index (κ3) is 19.7. The van der Waals surface area contributed by atoms with Crippen molar-refractivity contribution >= 4 is 29.5 Å². The van der Waals surface area contributed by atoms with Gasteiger partial charge in [0.15, 0.2) is 11.6 Å². The summed E-state index contributed by atoms with van der Waals surface area (Å²) in [6.45, 7) is 16.7. The fourth-order valence-corrected chi connectivity index (χ4v) is 7.69. The first kappa shape index (κ1) is 55.2. The highest BCUT2D eigenvalue weighted by atomic mass is 16.6. The molecular formula is C53H74N6O8. The van der Waals surface area contributed by atoms with Crippen molar-refractivity contribution in [2.45, 2.75) is 131 Å². The maximum absolute atomic E-state index is 13.3. The van der Waals surface area contributed by atoms with Gasteiger partial charge in [-0.25, -0.2) is 4.79 Å². The number of Topliss-reactive ketones (excluding diaryl/α,β-unsaturated/α-hetero) is 2. The lowest BCUT2D eigenvalue weighted by molar-refractivity contribution is -0.129. The molecule has 0 heterocycles. The largest absolute Gasteiger partial charge is 0.508 e. The molecule has 0 aromatic heterocycles. The maximum Gasteiger partial charge on any atom is 0.408 e. The summed E-state index contributed by atoms with van der Waals surface area (Å²) in [6.07, 6.45) is 1.21. The zero-order valence-corrected chi connectivity index (χ0v) is 40.8. The Balaban J connectivity index is 0.000000363. The summed E-state index contributed by atoms with van der Waals surface area (Å²) in [7, 11) is 0. The number of hydrogen-bond donors (Lipinski definition) is 8. The molecule has 3 amide bonds. The Bertz CT molecular complexity index is 2220. The van der Waals surface area contributed by atoms with Crippen LogP contribution in [-0.4, -0.2) is 82.5 Å². The molecule has 0 unspecified atom stereocenters. The highest BCUT2D eigenvalue weighted by molar-refractivity contribution is 5.92. The molecule has 0 radical (unpaired) electrons. The summed E-state index contributed by atoms with van der Waals surface area (Å²) in [4.78, 5) is 63.5. The van der Waals surface area contributed by atoms with Crippen LogP contribution in [0.25, 0.3) is 0 Å². The zero-order valence-electron chi connectivity index (χ0n) is 40.8. The monoisotopic (exact) mass is 923 g/mol. The van der Waals surface area contributed by atoms with E-state index in [0.29, 0.717) is 25.8 Å². The summed E-state index contributed by atoms with van der Waals surface area (Å²) in [6, 6.07) is 24.2. The second-order valence-corrected chi connectivity index (χ2v) is 18.9. The molecule has 364 valence electrons. The van der Waals surface area contributed by atoms with Crippen molar-refractivity contribution in [2.24, 2.45) is 29.0 Å². The first-order valence-electron chi connectivity index (χ1n) is 22.9. The summed E-state index contributed by atoms with van der Waals surface area (Å²) in [5.74, 6) is -1.66. The van der Waals surface area contributed by atoms with Gasteiger partial charge >= 0.3 is 6.09 Å². The number of benzene rings is 4. The number of hydrogen-bond acceptors (Lipinski definition) is 11. The van der Waals surface area contributed by atoms with Crippen molar-refractivity contribution < 1.29 is 38.9 Å². The van der Waals surface area contributed by atoms with E-state index in [-0.39, 0.29) is 72.8 Å². The number of rotatable bonds is 21. The minimum absolute atomic E-state index is 0.0591. The van der Waals surface area contributed by atoms with Crippen LogP contribution >= 0.6 is 0 Å². The molecule has 0 saturated carbocycles. The van der Waals surface area contributed by atoms with Crippen molar-refractivity contribution in [1.82, 2.24) is 16.0 Å². The van der Waals surface area contributed by atoms with Gasteiger partial charge in [0.05, 0.1) is 12.1 Å². The summed E-state index contributed by atoms with van der Waals surface area (Å²) in [5.41, 5.74) is 25.1. The molecule has 0 saturated heterocycles. The lowest BCUT2D eigenvalue weighted by Gasteiger charge is -2.25. The Kier molecular flexibility index (Phi) is 21.7. The number of nitrogens with one attached hydrogen (secondary N) is 3. The molecule has 0 aliphatic rings. The van der Waals surface area contributed by atoms with Gasteiger partial charge in [0.25, 0.3) is 0 Å². The normalized spacial score (nSPS) is 13.9. The molecule has 14 heteroatoms. The van der Waals surface area contributed by atoms with Gasteiger partial charge in [-0.3, -0.25) is 19.2 Å².